The van der Waals surface area contributed by atoms with Crippen molar-refractivity contribution in [1.82, 2.24) is 4.90 Å². The molecule has 0 bridgehead atoms. The fourth-order valence-corrected chi connectivity index (χ4v) is 2.12. The Balaban J connectivity index is 1.77. The third-order valence-electron chi connectivity index (χ3n) is 3.77. The van der Waals surface area contributed by atoms with Gasteiger partial charge in [0.2, 0.25) is 5.91 Å². The van der Waals surface area contributed by atoms with Gasteiger partial charge in [-0.15, -0.1) is 0 Å². The smallest absolute Gasteiger partial charge is 0.306 e. The first-order valence-corrected chi connectivity index (χ1v) is 5.61. The molecule has 0 aromatic carbocycles. The lowest BCUT2D eigenvalue weighted by molar-refractivity contribution is -0.153. The number of rotatable bonds is 3. The van der Waals surface area contributed by atoms with Crippen molar-refractivity contribution in [3.63, 3.8) is 0 Å². The Labute approximate surface area is 89.3 Å². The largest absolute Gasteiger partial charge is 0.481 e. The Bertz CT molecular complexity index is 280. The lowest BCUT2D eigenvalue weighted by atomic mass is 9.81. The minimum Gasteiger partial charge on any atom is -0.481 e. The second kappa shape index (κ2) is 3.83. The highest BCUT2D eigenvalue weighted by molar-refractivity contribution is 5.80. The summed E-state index contributed by atoms with van der Waals surface area (Å²) in [6, 6.07) is 0. The van der Waals surface area contributed by atoms with E-state index in [0.717, 1.165) is 12.8 Å². The van der Waals surface area contributed by atoms with Crippen LogP contribution in [-0.4, -0.2) is 35.0 Å². The quantitative estimate of drug-likeness (QED) is 0.756. The van der Waals surface area contributed by atoms with E-state index >= 15 is 0 Å². The van der Waals surface area contributed by atoms with E-state index in [2.05, 4.69) is 0 Å². The molecule has 0 aromatic rings. The summed E-state index contributed by atoms with van der Waals surface area (Å²) >= 11 is 0. The monoisotopic (exact) mass is 211 g/mol. The van der Waals surface area contributed by atoms with Gasteiger partial charge in [0.1, 0.15) is 0 Å². The maximum atomic E-state index is 11.7. The van der Waals surface area contributed by atoms with Crippen molar-refractivity contribution < 1.29 is 14.7 Å². The van der Waals surface area contributed by atoms with Crippen LogP contribution in [0.25, 0.3) is 0 Å². The Morgan fingerprint density at radius 3 is 2.33 bits per heavy atom. The summed E-state index contributed by atoms with van der Waals surface area (Å²) in [5, 5.41) is 8.81. The minimum absolute atomic E-state index is 0.159. The molecule has 1 unspecified atom stereocenters. The predicted molar refractivity (Wildman–Crippen MR) is 54.2 cm³/mol. The van der Waals surface area contributed by atoms with Crippen molar-refractivity contribution in [2.24, 2.45) is 17.8 Å². The summed E-state index contributed by atoms with van der Waals surface area (Å²) in [4.78, 5) is 24.2. The van der Waals surface area contributed by atoms with Crippen molar-refractivity contribution in [3.8, 4) is 0 Å². The molecule has 2 fully saturated rings. The van der Waals surface area contributed by atoms with Gasteiger partial charge in [0.15, 0.2) is 0 Å². The van der Waals surface area contributed by atoms with Crippen LogP contribution in [0, 0.1) is 17.8 Å². The summed E-state index contributed by atoms with van der Waals surface area (Å²) < 4.78 is 0. The highest BCUT2D eigenvalue weighted by Crippen LogP contribution is 2.32. The molecule has 2 aliphatic rings. The highest BCUT2D eigenvalue weighted by atomic mass is 16.4. The molecule has 2 rings (SSSR count). The van der Waals surface area contributed by atoms with Gasteiger partial charge in [0.25, 0.3) is 0 Å². The predicted octanol–water partition coefficient (Wildman–Crippen LogP) is 0.966. The molecule has 4 heteroatoms. The van der Waals surface area contributed by atoms with Gasteiger partial charge in [-0.2, -0.15) is 0 Å². The molecule has 0 spiro atoms. The zero-order valence-corrected chi connectivity index (χ0v) is 8.98. The summed E-state index contributed by atoms with van der Waals surface area (Å²) in [7, 11) is 0. The van der Waals surface area contributed by atoms with Crippen molar-refractivity contribution in [2.75, 3.05) is 13.1 Å². The molecule has 1 amide bonds. The van der Waals surface area contributed by atoms with Crippen molar-refractivity contribution in [3.05, 3.63) is 0 Å². The molecule has 1 N–H and O–H groups in total. The number of nitrogens with zero attached hydrogens (tertiary/aromatic N) is 1. The van der Waals surface area contributed by atoms with Crippen LogP contribution in [0.15, 0.2) is 0 Å². The number of amides is 1. The molecule has 1 aliphatic carbocycles. The first-order valence-electron chi connectivity index (χ1n) is 5.61. The lowest BCUT2D eigenvalue weighted by Gasteiger charge is -2.44. The molecule has 1 atom stereocenters. The normalized spacial score (nSPS) is 24.2. The standard InChI is InChI=1S/C11H17NO3/c1-7(11(14)15)9-5-12(6-9)10(13)8-3-2-4-8/h7-9H,2-6H2,1H3,(H,14,15). The van der Waals surface area contributed by atoms with Crippen LogP contribution < -0.4 is 0 Å². The summed E-state index contributed by atoms with van der Waals surface area (Å²) in [6.07, 6.45) is 3.21. The van der Waals surface area contributed by atoms with E-state index in [-0.39, 0.29) is 23.7 Å². The Morgan fingerprint density at radius 1 is 1.33 bits per heavy atom. The van der Waals surface area contributed by atoms with E-state index in [9.17, 15) is 9.59 Å². The topological polar surface area (TPSA) is 57.6 Å². The molecule has 0 radical (unpaired) electrons. The molecular formula is C11H17NO3. The Hall–Kier alpha value is -1.06. The van der Waals surface area contributed by atoms with Gasteiger partial charge in [-0.25, -0.2) is 0 Å². The second-order valence-corrected chi connectivity index (χ2v) is 4.76. The van der Waals surface area contributed by atoms with Crippen LogP contribution in [0.5, 0.6) is 0 Å². The van der Waals surface area contributed by atoms with Crippen molar-refractivity contribution >= 4 is 11.9 Å². The molecular weight excluding hydrogens is 194 g/mol. The number of hydrogen-bond donors (Lipinski definition) is 1. The van der Waals surface area contributed by atoms with Crippen LogP contribution in [-0.2, 0) is 9.59 Å². The molecule has 0 aromatic heterocycles. The zero-order chi connectivity index (χ0) is 11.0. The van der Waals surface area contributed by atoms with Gasteiger partial charge in [-0.3, -0.25) is 9.59 Å². The van der Waals surface area contributed by atoms with Gasteiger partial charge in [0, 0.05) is 24.9 Å². The maximum absolute atomic E-state index is 11.7. The number of hydrogen-bond acceptors (Lipinski definition) is 2. The number of carbonyl (C=O) groups is 2. The number of aliphatic carboxylic acids is 1. The number of likely N-dealkylation sites (tertiary alicyclic amines) is 1. The maximum Gasteiger partial charge on any atom is 0.306 e. The molecule has 15 heavy (non-hydrogen) atoms. The second-order valence-electron chi connectivity index (χ2n) is 4.76. The minimum atomic E-state index is -0.754. The molecule has 1 heterocycles. The van der Waals surface area contributed by atoms with Crippen LogP contribution in [0.4, 0.5) is 0 Å². The molecule has 1 saturated carbocycles. The summed E-state index contributed by atoms with van der Waals surface area (Å²) in [5.41, 5.74) is 0. The summed E-state index contributed by atoms with van der Waals surface area (Å²) in [5.74, 6) is -0.432. The van der Waals surface area contributed by atoms with E-state index in [0.29, 0.717) is 13.1 Å². The van der Waals surface area contributed by atoms with Gasteiger partial charge in [-0.1, -0.05) is 13.3 Å². The van der Waals surface area contributed by atoms with Crippen LogP contribution in [0.1, 0.15) is 26.2 Å². The number of carbonyl (C=O) groups excluding carboxylic acids is 1. The molecule has 1 aliphatic heterocycles. The first-order chi connectivity index (χ1) is 7.09. The van der Waals surface area contributed by atoms with Gasteiger partial charge in [-0.05, 0) is 12.8 Å². The average molecular weight is 211 g/mol. The lowest BCUT2D eigenvalue weighted by Crippen LogP contribution is -2.55. The first kappa shape index (κ1) is 10.5. The molecule has 1 saturated heterocycles. The fourth-order valence-electron chi connectivity index (χ4n) is 2.12. The Morgan fingerprint density at radius 2 is 1.93 bits per heavy atom. The van der Waals surface area contributed by atoms with E-state index in [4.69, 9.17) is 5.11 Å². The number of carboxylic acids is 1. The molecule has 84 valence electrons. The van der Waals surface area contributed by atoms with Crippen LogP contribution in [0.2, 0.25) is 0 Å². The zero-order valence-electron chi connectivity index (χ0n) is 8.98. The third-order valence-corrected chi connectivity index (χ3v) is 3.77. The summed E-state index contributed by atoms with van der Waals surface area (Å²) in [6.45, 7) is 3.00. The van der Waals surface area contributed by atoms with E-state index in [1.807, 2.05) is 4.90 Å². The van der Waals surface area contributed by atoms with Gasteiger partial charge >= 0.3 is 5.97 Å². The van der Waals surface area contributed by atoms with E-state index in [1.165, 1.54) is 6.42 Å². The van der Waals surface area contributed by atoms with Crippen molar-refractivity contribution in [1.29, 1.82) is 0 Å². The van der Waals surface area contributed by atoms with Gasteiger partial charge < -0.3 is 10.0 Å². The average Bonchev–Trinajstić information content (AvgIpc) is 1.97. The van der Waals surface area contributed by atoms with E-state index in [1.54, 1.807) is 6.92 Å². The Kier molecular flexibility index (Phi) is 2.67. The van der Waals surface area contributed by atoms with Crippen molar-refractivity contribution in [2.45, 2.75) is 26.2 Å². The van der Waals surface area contributed by atoms with Crippen LogP contribution >= 0.6 is 0 Å². The van der Waals surface area contributed by atoms with E-state index < -0.39 is 5.97 Å². The SMILES string of the molecule is CC(C(=O)O)C1CN(C(=O)C2CCC2)C1. The van der Waals surface area contributed by atoms with Gasteiger partial charge in [0.05, 0.1) is 5.92 Å². The number of carboxylic acid groups (broad SMARTS) is 1. The highest BCUT2D eigenvalue weighted by Gasteiger charge is 2.40. The molecule has 4 nitrogen and oxygen atoms in total. The fraction of sp³-hybridized carbons (Fsp3) is 0.818. The van der Waals surface area contributed by atoms with Crippen LogP contribution in [0.3, 0.4) is 0 Å². The third kappa shape index (κ3) is 1.85.